The van der Waals surface area contributed by atoms with Gasteiger partial charge in [-0.15, -0.1) is 0 Å². The minimum atomic E-state index is -4.62. The summed E-state index contributed by atoms with van der Waals surface area (Å²) in [5, 5.41) is 18.3. The number of carbonyl (C=O) groups excluding carboxylic acids is 2. The third kappa shape index (κ3) is 36.3. The first-order chi connectivity index (χ1) is 25.2. The van der Waals surface area contributed by atoms with E-state index in [9.17, 15) is 24.2 Å². The smallest absolute Gasteiger partial charge is 0.462 e. The summed E-state index contributed by atoms with van der Waals surface area (Å²) >= 11 is 0. The van der Waals surface area contributed by atoms with Crippen molar-refractivity contribution >= 4 is 19.8 Å². The first-order valence-electron chi connectivity index (χ1n) is 20.1. The van der Waals surface area contributed by atoms with Crippen molar-refractivity contribution in [3.63, 3.8) is 0 Å². The molecule has 0 aromatic rings. The third-order valence-corrected chi connectivity index (χ3v) is 9.17. The fourth-order valence-corrected chi connectivity index (χ4v) is 5.91. The zero-order valence-electron chi connectivity index (χ0n) is 32.5. The van der Waals surface area contributed by atoms with E-state index in [0.29, 0.717) is 12.8 Å². The second kappa shape index (κ2) is 37.3. The van der Waals surface area contributed by atoms with Crippen molar-refractivity contribution in [2.45, 2.75) is 174 Å². The van der Waals surface area contributed by atoms with Crippen molar-refractivity contribution in [3.8, 4) is 0 Å². The summed E-state index contributed by atoms with van der Waals surface area (Å²) < 4.78 is 32.6. The summed E-state index contributed by atoms with van der Waals surface area (Å²) in [7, 11) is -4.62. The Labute approximate surface area is 315 Å². The number of phosphoric acid groups is 1. The summed E-state index contributed by atoms with van der Waals surface area (Å²) in [6.07, 6.45) is 38.0. The van der Waals surface area contributed by atoms with Crippen LogP contribution in [0.2, 0.25) is 0 Å². The highest BCUT2D eigenvalue weighted by Crippen LogP contribution is 2.43. The number of aliphatic hydroxyl groups is 2. The Hall–Kier alpha value is -2.07. The molecule has 0 aliphatic carbocycles. The Kier molecular flexibility index (Phi) is 35.8. The third-order valence-electron chi connectivity index (χ3n) is 8.22. The van der Waals surface area contributed by atoms with Gasteiger partial charge < -0.3 is 24.6 Å². The van der Waals surface area contributed by atoms with Crippen LogP contribution < -0.4 is 0 Å². The molecule has 3 unspecified atom stereocenters. The van der Waals surface area contributed by atoms with Gasteiger partial charge in [0.25, 0.3) is 0 Å². The van der Waals surface area contributed by atoms with Crippen molar-refractivity contribution in [1.82, 2.24) is 0 Å². The maximum atomic E-state index is 12.5. The van der Waals surface area contributed by atoms with Crippen LogP contribution in [0.15, 0.2) is 48.6 Å². The van der Waals surface area contributed by atoms with E-state index in [2.05, 4.69) is 67.0 Å². The first-order valence-corrected chi connectivity index (χ1v) is 21.6. The van der Waals surface area contributed by atoms with E-state index >= 15 is 0 Å². The predicted molar refractivity (Wildman–Crippen MR) is 210 cm³/mol. The monoisotopic (exact) mass is 756 g/mol. The van der Waals surface area contributed by atoms with Gasteiger partial charge in [-0.05, 0) is 70.6 Å². The van der Waals surface area contributed by atoms with Gasteiger partial charge in [-0.3, -0.25) is 18.6 Å². The molecule has 0 radical (unpaired) electrons. The molecule has 3 N–H and O–H groups in total. The molecule has 0 spiro atoms. The molecule has 0 aliphatic rings. The lowest BCUT2D eigenvalue weighted by atomic mass is 10.1. The highest BCUT2D eigenvalue weighted by atomic mass is 31.2. The van der Waals surface area contributed by atoms with Crippen LogP contribution in [0.25, 0.3) is 0 Å². The molecule has 0 saturated carbocycles. The highest BCUT2D eigenvalue weighted by Gasteiger charge is 2.27. The minimum absolute atomic E-state index is 0.146. The van der Waals surface area contributed by atoms with E-state index in [4.69, 9.17) is 19.1 Å². The quantitative estimate of drug-likeness (QED) is 0.0242. The summed E-state index contributed by atoms with van der Waals surface area (Å²) in [4.78, 5) is 34.9. The molecule has 0 aromatic carbocycles. The summed E-state index contributed by atoms with van der Waals surface area (Å²) in [5.41, 5.74) is 0. The molecule has 11 heteroatoms. The number of hydrogen-bond acceptors (Lipinski definition) is 9. The zero-order valence-corrected chi connectivity index (χ0v) is 33.4. The van der Waals surface area contributed by atoms with E-state index in [0.717, 1.165) is 70.6 Å². The van der Waals surface area contributed by atoms with Gasteiger partial charge in [0.05, 0.1) is 19.8 Å². The van der Waals surface area contributed by atoms with Crippen molar-refractivity contribution in [3.05, 3.63) is 48.6 Å². The molecule has 302 valence electrons. The Bertz CT molecular complexity index is 1010. The van der Waals surface area contributed by atoms with Gasteiger partial charge in [0, 0.05) is 12.8 Å². The van der Waals surface area contributed by atoms with Gasteiger partial charge >= 0.3 is 19.8 Å². The molecular formula is C41H73O10P. The molecule has 3 atom stereocenters. The van der Waals surface area contributed by atoms with Crippen LogP contribution in [-0.2, 0) is 32.7 Å². The van der Waals surface area contributed by atoms with Crippen LogP contribution in [0.5, 0.6) is 0 Å². The Morgan fingerprint density at radius 3 is 1.63 bits per heavy atom. The Morgan fingerprint density at radius 1 is 0.596 bits per heavy atom. The fourth-order valence-electron chi connectivity index (χ4n) is 5.12. The van der Waals surface area contributed by atoms with Gasteiger partial charge in [0.15, 0.2) is 6.10 Å². The molecule has 0 saturated heterocycles. The number of phosphoric ester groups is 1. The number of unbranched alkanes of at least 4 members (excludes halogenated alkanes) is 15. The number of allylic oxidation sites excluding steroid dienone is 8. The second-order valence-corrected chi connectivity index (χ2v) is 14.7. The van der Waals surface area contributed by atoms with Crippen LogP contribution in [-0.4, -0.2) is 65.7 Å². The van der Waals surface area contributed by atoms with Crippen LogP contribution in [0.4, 0.5) is 0 Å². The van der Waals surface area contributed by atoms with Crippen LogP contribution in [0.1, 0.15) is 162 Å². The number of carbonyl (C=O) groups is 2. The highest BCUT2D eigenvalue weighted by molar-refractivity contribution is 7.47. The maximum absolute atomic E-state index is 12.5. The topological polar surface area (TPSA) is 149 Å². The van der Waals surface area contributed by atoms with E-state index in [-0.39, 0.29) is 19.4 Å². The van der Waals surface area contributed by atoms with Crippen molar-refractivity contribution < 1.29 is 47.8 Å². The average Bonchev–Trinajstić information content (AvgIpc) is 3.13. The average molecular weight is 757 g/mol. The van der Waals surface area contributed by atoms with Crippen molar-refractivity contribution in [2.24, 2.45) is 0 Å². The largest absolute Gasteiger partial charge is 0.472 e. The molecule has 0 rings (SSSR count). The van der Waals surface area contributed by atoms with Gasteiger partial charge in [-0.25, -0.2) is 4.57 Å². The summed E-state index contributed by atoms with van der Waals surface area (Å²) in [6.45, 7) is 2.20. The molecule has 0 amide bonds. The first kappa shape index (κ1) is 49.9. The van der Waals surface area contributed by atoms with Crippen LogP contribution >= 0.6 is 7.82 Å². The molecule has 52 heavy (non-hydrogen) atoms. The molecule has 0 bridgehead atoms. The predicted octanol–water partition coefficient (Wildman–Crippen LogP) is 10.2. The molecule has 0 heterocycles. The summed E-state index contributed by atoms with van der Waals surface area (Å²) in [5.74, 6) is -0.972. The minimum Gasteiger partial charge on any atom is -0.462 e. The Balaban J connectivity index is 4.38. The SMILES string of the molecule is CC/C=C\C/C=C\C/C=C\CCCCCC(=O)OC(COC(=O)CCCCCCC/C=C\CCCCCCCCC)COP(=O)(O)OCC(O)CO. The molecule has 0 fully saturated rings. The van der Waals surface area contributed by atoms with E-state index < -0.39 is 51.8 Å². The van der Waals surface area contributed by atoms with Crippen LogP contribution in [0.3, 0.4) is 0 Å². The van der Waals surface area contributed by atoms with Crippen molar-refractivity contribution in [2.75, 3.05) is 26.4 Å². The molecular weight excluding hydrogens is 683 g/mol. The number of esters is 2. The number of ether oxygens (including phenoxy) is 2. The Morgan fingerprint density at radius 2 is 1.06 bits per heavy atom. The molecule has 0 aliphatic heterocycles. The normalized spacial score (nSPS) is 14.5. The lowest BCUT2D eigenvalue weighted by Crippen LogP contribution is -2.29. The van der Waals surface area contributed by atoms with Crippen molar-refractivity contribution in [1.29, 1.82) is 0 Å². The molecule has 0 aromatic heterocycles. The lowest BCUT2D eigenvalue weighted by Gasteiger charge is -2.20. The van der Waals surface area contributed by atoms with E-state index in [1.165, 1.54) is 51.4 Å². The number of hydrogen-bond donors (Lipinski definition) is 3. The standard InChI is InChI=1S/C41H73O10P/c1-3-5-7-9-11-13-15-17-18-19-21-22-24-26-28-30-32-40(44)48-36-39(37-50-52(46,47)49-35-38(43)34-42)51-41(45)33-31-29-27-25-23-20-16-14-12-10-8-6-4-2/h6,8,12,14,18-20,23,38-39,42-43H,3-5,7,9-11,13,15-17,21-22,24-37H2,1-2H3,(H,46,47)/b8-6-,14-12-,19-18-,23-20-. The maximum Gasteiger partial charge on any atom is 0.472 e. The summed E-state index contributed by atoms with van der Waals surface area (Å²) in [6, 6.07) is 0. The second-order valence-electron chi connectivity index (χ2n) is 13.3. The van der Waals surface area contributed by atoms with Gasteiger partial charge in [0.2, 0.25) is 0 Å². The number of aliphatic hydroxyl groups excluding tert-OH is 2. The lowest BCUT2D eigenvalue weighted by molar-refractivity contribution is -0.161. The number of rotatable bonds is 37. The zero-order chi connectivity index (χ0) is 38.4. The van der Waals surface area contributed by atoms with E-state index in [1.54, 1.807) is 0 Å². The van der Waals surface area contributed by atoms with E-state index in [1.807, 2.05) is 0 Å². The van der Waals surface area contributed by atoms with Gasteiger partial charge in [-0.2, -0.15) is 0 Å². The van der Waals surface area contributed by atoms with Gasteiger partial charge in [0.1, 0.15) is 12.7 Å². The fraction of sp³-hybridized carbons (Fsp3) is 0.756. The molecule has 10 nitrogen and oxygen atoms in total. The van der Waals surface area contributed by atoms with Crippen LogP contribution in [0, 0.1) is 0 Å². The van der Waals surface area contributed by atoms with Gasteiger partial charge in [-0.1, -0.05) is 127 Å².